The van der Waals surface area contributed by atoms with Crippen LogP contribution in [0.4, 0.5) is 8.78 Å². The minimum absolute atomic E-state index is 0.279. The molecular formula is C50H52F2N4. The molecule has 56 heavy (non-hydrogen) atoms. The van der Waals surface area contributed by atoms with E-state index in [1.165, 1.54) is 41.0 Å². The summed E-state index contributed by atoms with van der Waals surface area (Å²) in [6.07, 6.45) is 18.7. The van der Waals surface area contributed by atoms with Gasteiger partial charge in [0.25, 0.3) is 0 Å². The van der Waals surface area contributed by atoms with Crippen LogP contribution in [-0.2, 0) is 12.8 Å². The first-order valence-electron chi connectivity index (χ1n) is 19.9. The van der Waals surface area contributed by atoms with Crippen molar-refractivity contribution in [1.82, 2.24) is 19.9 Å². The first-order chi connectivity index (χ1) is 27.0. The largest absolute Gasteiger partial charge is 0.355 e. The molecule has 2 aliphatic heterocycles. The Hall–Kier alpha value is -5.62. The van der Waals surface area contributed by atoms with E-state index >= 15 is 0 Å². The lowest BCUT2D eigenvalue weighted by Crippen LogP contribution is -2.04. The molecule has 0 aliphatic carbocycles. The van der Waals surface area contributed by atoms with Gasteiger partial charge in [0.05, 0.1) is 22.8 Å². The highest BCUT2D eigenvalue weighted by Crippen LogP contribution is 2.36. The van der Waals surface area contributed by atoms with Gasteiger partial charge in [-0.05, 0) is 168 Å². The van der Waals surface area contributed by atoms with E-state index in [4.69, 9.17) is 9.97 Å². The number of aromatic nitrogens is 4. The van der Waals surface area contributed by atoms with Gasteiger partial charge in [-0.25, -0.2) is 18.7 Å². The van der Waals surface area contributed by atoms with Crippen LogP contribution >= 0.6 is 0 Å². The van der Waals surface area contributed by atoms with Crippen LogP contribution in [-0.4, -0.2) is 19.9 Å². The third-order valence-corrected chi connectivity index (χ3v) is 10.8. The van der Waals surface area contributed by atoms with Gasteiger partial charge in [0, 0.05) is 38.8 Å². The Morgan fingerprint density at radius 1 is 0.518 bits per heavy atom. The van der Waals surface area contributed by atoms with Crippen LogP contribution in [0.1, 0.15) is 101 Å². The highest BCUT2D eigenvalue weighted by Gasteiger charge is 2.20. The van der Waals surface area contributed by atoms with Crippen LogP contribution in [0.25, 0.3) is 68.6 Å². The van der Waals surface area contributed by atoms with Crippen LogP contribution in [0, 0.1) is 23.5 Å². The Morgan fingerprint density at radius 2 is 0.893 bits per heavy atom. The fourth-order valence-corrected chi connectivity index (χ4v) is 7.81. The number of allylic oxidation sites excluding steroid dienone is 4. The fraction of sp³-hybridized carbons (Fsp3) is 0.280. The molecule has 6 heteroatoms. The van der Waals surface area contributed by atoms with Gasteiger partial charge in [0.2, 0.25) is 0 Å². The molecule has 4 nitrogen and oxygen atoms in total. The van der Waals surface area contributed by atoms with E-state index in [0.29, 0.717) is 11.8 Å². The van der Waals surface area contributed by atoms with E-state index in [0.717, 1.165) is 111 Å². The molecule has 5 aromatic rings. The summed E-state index contributed by atoms with van der Waals surface area (Å²) < 4.78 is 28.6. The standard InChI is InChI=1S/C50H52F2N4/c1-31(2)9-7-11-33(5)29-39-41-21-25-45(53-41)49(35-13-17-37(51)18-14-35)47-27-23-43(55-47)40(30-34(6)12-8-10-32(3)4)44-24-28-48(56-44)50(46-26-22-42(39)54-46)36-15-19-38(52)20-16-36/h9-10,13-28,33-34,53-54H,7-8,11-12,29-30H2,1-6H3. The van der Waals surface area contributed by atoms with Crippen molar-refractivity contribution in [2.45, 2.75) is 80.1 Å². The van der Waals surface area contributed by atoms with Gasteiger partial charge >= 0.3 is 0 Å². The van der Waals surface area contributed by atoms with Gasteiger partial charge in [0.15, 0.2) is 0 Å². The van der Waals surface area contributed by atoms with E-state index in [-0.39, 0.29) is 11.6 Å². The second kappa shape index (κ2) is 17.0. The third kappa shape index (κ3) is 8.91. The van der Waals surface area contributed by atoms with Gasteiger partial charge in [0.1, 0.15) is 11.6 Å². The summed E-state index contributed by atoms with van der Waals surface area (Å²) in [4.78, 5) is 18.3. The molecule has 2 atom stereocenters. The molecule has 8 bridgehead atoms. The summed E-state index contributed by atoms with van der Waals surface area (Å²) in [7, 11) is 0. The van der Waals surface area contributed by atoms with Gasteiger partial charge in [-0.15, -0.1) is 0 Å². The molecule has 3 aromatic heterocycles. The summed E-state index contributed by atoms with van der Waals surface area (Å²) >= 11 is 0. The van der Waals surface area contributed by atoms with Crippen LogP contribution in [0.2, 0.25) is 0 Å². The first kappa shape index (κ1) is 38.6. The molecule has 7 rings (SSSR count). The number of nitrogens with one attached hydrogen (secondary N) is 2. The van der Waals surface area contributed by atoms with Crippen molar-refractivity contribution in [3.8, 4) is 22.3 Å². The van der Waals surface area contributed by atoms with Crippen molar-refractivity contribution in [3.63, 3.8) is 0 Å². The van der Waals surface area contributed by atoms with Crippen molar-refractivity contribution >= 4 is 46.4 Å². The Balaban J connectivity index is 1.54. The number of rotatable bonds is 12. The quantitative estimate of drug-likeness (QED) is 0.122. The number of H-pyrrole nitrogens is 2. The van der Waals surface area contributed by atoms with Gasteiger partial charge in [-0.2, -0.15) is 0 Å². The average Bonchev–Trinajstić information content (AvgIpc) is 4.00. The Labute approximate surface area is 329 Å². The fourth-order valence-electron chi connectivity index (χ4n) is 7.81. The predicted octanol–water partition coefficient (Wildman–Crippen LogP) is 14.1. The molecule has 286 valence electrons. The smallest absolute Gasteiger partial charge is 0.123 e. The Bertz CT molecular complexity index is 2360. The van der Waals surface area contributed by atoms with E-state index in [1.807, 2.05) is 24.3 Å². The number of hydrogen-bond acceptors (Lipinski definition) is 2. The number of aromatic amines is 2. The highest BCUT2D eigenvalue weighted by atomic mass is 19.1. The van der Waals surface area contributed by atoms with E-state index in [2.05, 4.69) is 112 Å². The zero-order valence-electron chi connectivity index (χ0n) is 33.4. The summed E-state index contributed by atoms with van der Waals surface area (Å²) in [6, 6.07) is 21.9. The highest BCUT2D eigenvalue weighted by molar-refractivity contribution is 5.94. The van der Waals surface area contributed by atoms with Crippen LogP contribution in [0.15, 0.2) is 96.1 Å². The van der Waals surface area contributed by atoms with Gasteiger partial charge in [-0.3, -0.25) is 0 Å². The number of fused-ring (bicyclic) bond motifs is 8. The maximum atomic E-state index is 14.3. The van der Waals surface area contributed by atoms with Gasteiger partial charge in [-0.1, -0.05) is 61.4 Å². The predicted molar refractivity (Wildman–Crippen MR) is 233 cm³/mol. The normalized spacial score (nSPS) is 13.1. The molecule has 2 aromatic carbocycles. The summed E-state index contributed by atoms with van der Waals surface area (Å²) in [5, 5.41) is 0. The SMILES string of the molecule is CC(C)=CCCC(C)Cc1c2nc(c(-c3ccc(F)cc3)c3ccc([nH]3)c(CC(C)CCC=C(C)C)c3ccc([nH]3)c(-c3ccc(F)cc3)c3nc1C=C3)C=C2. The van der Waals surface area contributed by atoms with Crippen LogP contribution < -0.4 is 0 Å². The van der Waals surface area contributed by atoms with Crippen molar-refractivity contribution in [3.05, 3.63) is 142 Å². The second-order valence-electron chi connectivity index (χ2n) is 16.1. The lowest BCUT2D eigenvalue weighted by atomic mass is 9.94. The summed E-state index contributed by atoms with van der Waals surface area (Å²) in [5.41, 5.74) is 15.7. The Kier molecular flexibility index (Phi) is 11.8. The number of hydrogen-bond donors (Lipinski definition) is 2. The van der Waals surface area contributed by atoms with E-state index in [9.17, 15) is 8.78 Å². The summed E-state index contributed by atoms with van der Waals surface area (Å²) in [5.74, 6) is 0.225. The first-order valence-corrected chi connectivity index (χ1v) is 19.9. The van der Waals surface area contributed by atoms with Crippen molar-refractivity contribution in [2.24, 2.45) is 11.8 Å². The molecule has 2 N–H and O–H groups in total. The molecule has 0 fully saturated rings. The minimum Gasteiger partial charge on any atom is -0.355 e. The summed E-state index contributed by atoms with van der Waals surface area (Å²) in [6.45, 7) is 13.2. The zero-order chi connectivity index (χ0) is 39.3. The number of nitrogens with zero attached hydrogens (tertiary/aromatic N) is 2. The molecule has 2 unspecified atom stereocenters. The molecular weight excluding hydrogens is 695 g/mol. The molecule has 0 amide bonds. The average molecular weight is 747 g/mol. The lowest BCUT2D eigenvalue weighted by Gasteiger charge is -2.12. The van der Waals surface area contributed by atoms with Crippen molar-refractivity contribution in [1.29, 1.82) is 0 Å². The molecule has 0 saturated carbocycles. The van der Waals surface area contributed by atoms with Crippen molar-refractivity contribution in [2.75, 3.05) is 0 Å². The minimum atomic E-state index is -0.279. The van der Waals surface area contributed by atoms with E-state index < -0.39 is 0 Å². The molecule has 0 saturated heterocycles. The monoisotopic (exact) mass is 746 g/mol. The molecule has 2 aliphatic rings. The van der Waals surface area contributed by atoms with Crippen molar-refractivity contribution < 1.29 is 8.78 Å². The van der Waals surface area contributed by atoms with Crippen LogP contribution in [0.3, 0.4) is 0 Å². The maximum Gasteiger partial charge on any atom is 0.123 e. The van der Waals surface area contributed by atoms with Crippen LogP contribution in [0.5, 0.6) is 0 Å². The Morgan fingerprint density at radius 3 is 1.30 bits per heavy atom. The third-order valence-electron chi connectivity index (χ3n) is 10.8. The maximum absolute atomic E-state index is 14.3. The van der Waals surface area contributed by atoms with E-state index in [1.54, 1.807) is 0 Å². The van der Waals surface area contributed by atoms with Gasteiger partial charge < -0.3 is 9.97 Å². The zero-order valence-corrected chi connectivity index (χ0v) is 33.4. The topological polar surface area (TPSA) is 57.4 Å². The molecule has 0 spiro atoms. The number of halogens is 2. The molecule has 0 radical (unpaired) electrons. The second-order valence-corrected chi connectivity index (χ2v) is 16.1. The lowest BCUT2D eigenvalue weighted by molar-refractivity contribution is 0.533. The molecule has 5 heterocycles. The number of benzene rings is 2.